The number of hydrogen-bond acceptors (Lipinski definition) is 4. The second kappa shape index (κ2) is 4.49. The molecular formula is C11H15N3O2. The zero-order chi connectivity index (χ0) is 11.5. The van der Waals surface area contributed by atoms with Crippen LogP contribution in [0.4, 0.5) is 5.82 Å². The van der Waals surface area contributed by atoms with Gasteiger partial charge in [-0.3, -0.25) is 4.79 Å². The van der Waals surface area contributed by atoms with Gasteiger partial charge in [-0.05, 0) is 31.9 Å². The lowest BCUT2D eigenvalue weighted by molar-refractivity contribution is -0.115. The van der Waals surface area contributed by atoms with Gasteiger partial charge in [0.2, 0.25) is 5.91 Å². The predicted octanol–water partition coefficient (Wildman–Crippen LogP) is 0.786. The number of aromatic nitrogens is 1. The summed E-state index contributed by atoms with van der Waals surface area (Å²) in [6, 6.07) is 3.70. The van der Waals surface area contributed by atoms with Gasteiger partial charge in [-0.15, -0.1) is 0 Å². The summed E-state index contributed by atoms with van der Waals surface area (Å²) in [5.41, 5.74) is 0.753. The van der Waals surface area contributed by atoms with Crippen molar-refractivity contribution >= 4 is 11.7 Å². The normalized spacial score (nSPS) is 14.8. The van der Waals surface area contributed by atoms with Gasteiger partial charge in [-0.1, -0.05) is 0 Å². The Hall–Kier alpha value is -1.62. The standard InChI is InChI=1S/C11H15N3O2/c1-7-2-5-9(15)11(13-7)14-10(16)6-12-8-3-4-8/h2,5,8,12,15H,3-4,6H2,1H3,(H,13,14,16). The number of carbonyl (C=O) groups excluding carboxylic acids is 1. The van der Waals surface area contributed by atoms with Gasteiger partial charge in [0, 0.05) is 11.7 Å². The smallest absolute Gasteiger partial charge is 0.239 e. The zero-order valence-electron chi connectivity index (χ0n) is 9.16. The lowest BCUT2D eigenvalue weighted by atomic mass is 10.3. The maximum atomic E-state index is 11.5. The van der Waals surface area contributed by atoms with Gasteiger partial charge < -0.3 is 15.7 Å². The van der Waals surface area contributed by atoms with Crippen molar-refractivity contribution in [3.8, 4) is 5.75 Å². The monoisotopic (exact) mass is 221 g/mol. The molecule has 5 heteroatoms. The Balaban J connectivity index is 1.91. The minimum absolute atomic E-state index is 0.00891. The first-order valence-corrected chi connectivity index (χ1v) is 5.35. The average molecular weight is 221 g/mol. The van der Waals surface area contributed by atoms with Crippen LogP contribution in [0.25, 0.3) is 0 Å². The predicted molar refractivity (Wildman–Crippen MR) is 60.3 cm³/mol. The molecular weight excluding hydrogens is 206 g/mol. The third-order valence-electron chi connectivity index (χ3n) is 2.40. The Bertz CT molecular complexity index is 402. The number of hydrogen-bond donors (Lipinski definition) is 3. The molecule has 5 nitrogen and oxygen atoms in total. The molecule has 16 heavy (non-hydrogen) atoms. The fourth-order valence-electron chi connectivity index (χ4n) is 1.34. The molecule has 1 aliphatic rings. The lowest BCUT2D eigenvalue weighted by Gasteiger charge is -2.07. The average Bonchev–Trinajstić information content (AvgIpc) is 3.04. The van der Waals surface area contributed by atoms with Crippen molar-refractivity contribution < 1.29 is 9.90 Å². The summed E-state index contributed by atoms with van der Waals surface area (Å²) >= 11 is 0. The van der Waals surface area contributed by atoms with Gasteiger partial charge in [0.1, 0.15) is 0 Å². The molecule has 1 fully saturated rings. The molecule has 1 saturated carbocycles. The van der Waals surface area contributed by atoms with E-state index in [2.05, 4.69) is 15.6 Å². The van der Waals surface area contributed by atoms with E-state index in [9.17, 15) is 9.90 Å². The number of aromatic hydroxyl groups is 1. The van der Waals surface area contributed by atoms with Crippen LogP contribution in [0.1, 0.15) is 18.5 Å². The third-order valence-corrected chi connectivity index (χ3v) is 2.40. The van der Waals surface area contributed by atoms with E-state index in [1.165, 1.54) is 6.07 Å². The number of carbonyl (C=O) groups is 1. The van der Waals surface area contributed by atoms with E-state index < -0.39 is 0 Å². The SMILES string of the molecule is Cc1ccc(O)c(NC(=O)CNC2CC2)n1. The number of nitrogens with one attached hydrogen (secondary N) is 2. The van der Waals surface area contributed by atoms with E-state index in [0.29, 0.717) is 6.04 Å². The molecule has 1 amide bonds. The van der Waals surface area contributed by atoms with Gasteiger partial charge in [0.15, 0.2) is 11.6 Å². The number of anilines is 1. The van der Waals surface area contributed by atoms with E-state index in [4.69, 9.17) is 0 Å². The Morgan fingerprint density at radius 3 is 3.00 bits per heavy atom. The largest absolute Gasteiger partial charge is 0.504 e. The summed E-state index contributed by atoms with van der Waals surface area (Å²) in [5, 5.41) is 15.1. The van der Waals surface area contributed by atoms with Crippen LogP contribution in [-0.4, -0.2) is 28.6 Å². The molecule has 0 radical (unpaired) electrons. The van der Waals surface area contributed by atoms with Crippen LogP contribution in [-0.2, 0) is 4.79 Å². The minimum atomic E-state index is -0.180. The molecule has 3 N–H and O–H groups in total. The van der Waals surface area contributed by atoms with Crippen LogP contribution in [0.5, 0.6) is 5.75 Å². The van der Waals surface area contributed by atoms with Crippen molar-refractivity contribution in [2.75, 3.05) is 11.9 Å². The maximum Gasteiger partial charge on any atom is 0.239 e. The van der Waals surface area contributed by atoms with Gasteiger partial charge in [0.05, 0.1) is 6.54 Å². The Kier molecular flexibility index (Phi) is 3.05. The zero-order valence-corrected chi connectivity index (χ0v) is 9.16. The first-order chi connectivity index (χ1) is 7.65. The third kappa shape index (κ3) is 2.93. The van der Waals surface area contributed by atoms with E-state index in [-0.39, 0.29) is 24.0 Å². The number of aryl methyl sites for hydroxylation is 1. The van der Waals surface area contributed by atoms with Crippen molar-refractivity contribution in [1.29, 1.82) is 0 Å². The van der Waals surface area contributed by atoms with Gasteiger partial charge in [0.25, 0.3) is 0 Å². The Labute approximate surface area is 93.9 Å². The number of rotatable bonds is 4. The minimum Gasteiger partial charge on any atom is -0.504 e. The summed E-state index contributed by atoms with van der Waals surface area (Å²) in [7, 11) is 0. The highest BCUT2D eigenvalue weighted by molar-refractivity contribution is 5.92. The Morgan fingerprint density at radius 1 is 1.56 bits per heavy atom. The fraction of sp³-hybridized carbons (Fsp3) is 0.455. The lowest BCUT2D eigenvalue weighted by Crippen LogP contribution is -2.29. The fourth-order valence-corrected chi connectivity index (χ4v) is 1.34. The Morgan fingerprint density at radius 2 is 2.31 bits per heavy atom. The first-order valence-electron chi connectivity index (χ1n) is 5.35. The van der Waals surface area contributed by atoms with Crippen LogP contribution >= 0.6 is 0 Å². The molecule has 1 aromatic heterocycles. The molecule has 1 aliphatic carbocycles. The maximum absolute atomic E-state index is 11.5. The van der Waals surface area contributed by atoms with Crippen molar-refractivity contribution in [2.45, 2.75) is 25.8 Å². The van der Waals surface area contributed by atoms with Gasteiger partial charge in [-0.2, -0.15) is 0 Å². The van der Waals surface area contributed by atoms with Gasteiger partial charge in [-0.25, -0.2) is 4.98 Å². The van der Waals surface area contributed by atoms with Gasteiger partial charge >= 0.3 is 0 Å². The van der Waals surface area contributed by atoms with E-state index in [1.54, 1.807) is 13.0 Å². The van der Waals surface area contributed by atoms with Crippen molar-refractivity contribution in [3.05, 3.63) is 17.8 Å². The number of amides is 1. The molecule has 0 aliphatic heterocycles. The van der Waals surface area contributed by atoms with Crippen LogP contribution in [0, 0.1) is 6.92 Å². The summed E-state index contributed by atoms with van der Waals surface area (Å²) in [6.45, 7) is 2.07. The highest BCUT2D eigenvalue weighted by Crippen LogP contribution is 2.20. The van der Waals surface area contributed by atoms with Crippen molar-refractivity contribution in [3.63, 3.8) is 0 Å². The number of pyridine rings is 1. The summed E-state index contributed by atoms with van der Waals surface area (Å²) < 4.78 is 0. The molecule has 0 unspecified atom stereocenters. The second-order valence-corrected chi connectivity index (χ2v) is 4.02. The summed E-state index contributed by atoms with van der Waals surface area (Å²) in [6.07, 6.45) is 2.28. The summed E-state index contributed by atoms with van der Waals surface area (Å²) in [4.78, 5) is 15.5. The van der Waals surface area contributed by atoms with Crippen LogP contribution < -0.4 is 10.6 Å². The number of nitrogens with zero attached hydrogens (tertiary/aromatic N) is 1. The quantitative estimate of drug-likeness (QED) is 0.702. The summed E-state index contributed by atoms with van der Waals surface area (Å²) in [5.74, 6) is 0.0354. The highest BCUT2D eigenvalue weighted by Gasteiger charge is 2.21. The molecule has 0 atom stereocenters. The molecule has 0 spiro atoms. The topological polar surface area (TPSA) is 74.2 Å². The second-order valence-electron chi connectivity index (χ2n) is 4.02. The van der Waals surface area contributed by atoms with Crippen molar-refractivity contribution in [1.82, 2.24) is 10.3 Å². The van der Waals surface area contributed by atoms with Crippen molar-refractivity contribution in [2.24, 2.45) is 0 Å². The van der Waals surface area contributed by atoms with Crippen LogP contribution in [0.3, 0.4) is 0 Å². The molecule has 0 saturated heterocycles. The first kappa shape index (κ1) is 10.9. The van der Waals surface area contributed by atoms with E-state index in [0.717, 1.165) is 18.5 Å². The molecule has 1 aromatic rings. The molecule has 86 valence electrons. The van der Waals surface area contributed by atoms with Crippen LogP contribution in [0.2, 0.25) is 0 Å². The molecule has 0 aromatic carbocycles. The van der Waals surface area contributed by atoms with E-state index >= 15 is 0 Å². The molecule has 1 heterocycles. The van der Waals surface area contributed by atoms with Crippen LogP contribution in [0.15, 0.2) is 12.1 Å². The molecule has 2 rings (SSSR count). The highest BCUT2D eigenvalue weighted by atomic mass is 16.3. The molecule has 0 bridgehead atoms. The van der Waals surface area contributed by atoms with E-state index in [1.807, 2.05) is 0 Å².